The number of carbonyl (C=O) groups is 1. The standard InChI is InChI=1S/C25H23F3N2O3/c1-14-8-17-16-4-2-3-5-20(16)29-23(17)24(30(14)11-25(28)12-33-13-25)22-18(26)9-15(10-19(22)27)6-7-21(31)32/h2-7,9-10,14,24,29H,8,11-13H2,1H3,(H,31,32)/b7-6+. The third-order valence-electron chi connectivity index (χ3n) is 6.50. The minimum atomic E-state index is -1.58. The van der Waals surface area contributed by atoms with E-state index in [4.69, 9.17) is 9.84 Å². The number of halogens is 3. The maximum atomic E-state index is 15.4. The summed E-state index contributed by atoms with van der Waals surface area (Å²) in [6, 6.07) is 8.82. The molecule has 2 aliphatic heterocycles. The molecule has 2 aliphatic rings. The molecule has 5 rings (SSSR count). The van der Waals surface area contributed by atoms with Gasteiger partial charge in [-0.1, -0.05) is 18.2 Å². The van der Waals surface area contributed by atoms with E-state index in [1.165, 1.54) is 0 Å². The number of nitrogens with one attached hydrogen (secondary N) is 1. The van der Waals surface area contributed by atoms with E-state index in [2.05, 4.69) is 4.98 Å². The molecule has 0 saturated carbocycles. The fraction of sp³-hybridized carbons (Fsp3) is 0.320. The number of alkyl halides is 1. The lowest BCUT2D eigenvalue weighted by Crippen LogP contribution is -2.57. The van der Waals surface area contributed by atoms with Gasteiger partial charge < -0.3 is 14.8 Å². The maximum Gasteiger partial charge on any atom is 0.328 e. The molecule has 172 valence electrons. The average Bonchev–Trinajstić information content (AvgIpc) is 3.10. The van der Waals surface area contributed by atoms with Gasteiger partial charge in [-0.05, 0) is 48.7 Å². The van der Waals surface area contributed by atoms with E-state index in [9.17, 15) is 4.79 Å². The lowest BCUT2D eigenvalue weighted by Gasteiger charge is -2.46. The average molecular weight is 456 g/mol. The first-order chi connectivity index (χ1) is 15.8. The number of aliphatic carboxylic acids is 1. The number of benzene rings is 2. The van der Waals surface area contributed by atoms with Crippen molar-refractivity contribution >= 4 is 22.9 Å². The van der Waals surface area contributed by atoms with E-state index < -0.39 is 29.3 Å². The topological polar surface area (TPSA) is 65.6 Å². The van der Waals surface area contributed by atoms with Crippen LogP contribution in [0, 0.1) is 11.6 Å². The fourth-order valence-corrected chi connectivity index (χ4v) is 4.94. The lowest BCUT2D eigenvalue weighted by molar-refractivity contribution is -0.148. The van der Waals surface area contributed by atoms with Gasteiger partial charge in [-0.25, -0.2) is 18.0 Å². The molecule has 5 nitrogen and oxygen atoms in total. The van der Waals surface area contributed by atoms with Crippen molar-refractivity contribution in [1.82, 2.24) is 9.88 Å². The molecule has 1 aromatic heterocycles. The Morgan fingerprint density at radius 1 is 1.27 bits per heavy atom. The Hall–Kier alpha value is -3.10. The van der Waals surface area contributed by atoms with Crippen LogP contribution in [0.15, 0.2) is 42.5 Å². The van der Waals surface area contributed by atoms with Gasteiger partial charge in [0, 0.05) is 40.8 Å². The van der Waals surface area contributed by atoms with Gasteiger partial charge in [0.2, 0.25) is 0 Å². The van der Waals surface area contributed by atoms with Crippen LogP contribution in [-0.2, 0) is 16.0 Å². The van der Waals surface area contributed by atoms with Crippen LogP contribution in [0.5, 0.6) is 0 Å². The number of aromatic nitrogens is 1. The van der Waals surface area contributed by atoms with Crippen molar-refractivity contribution in [3.05, 3.63) is 76.5 Å². The second-order valence-corrected chi connectivity index (χ2v) is 8.90. The van der Waals surface area contributed by atoms with Gasteiger partial charge in [-0.15, -0.1) is 0 Å². The first kappa shape index (κ1) is 21.7. The molecule has 3 aromatic rings. The quantitative estimate of drug-likeness (QED) is 0.550. The molecule has 33 heavy (non-hydrogen) atoms. The van der Waals surface area contributed by atoms with Gasteiger partial charge in [0.05, 0.1) is 19.3 Å². The Morgan fingerprint density at radius 2 is 1.97 bits per heavy atom. The molecule has 2 N–H and O–H groups in total. The molecule has 8 heteroatoms. The molecule has 1 saturated heterocycles. The van der Waals surface area contributed by atoms with Gasteiger partial charge in [-0.3, -0.25) is 4.90 Å². The Bertz CT molecular complexity index is 1240. The molecule has 2 atom stereocenters. The van der Waals surface area contributed by atoms with E-state index in [0.29, 0.717) is 12.1 Å². The molecule has 0 amide bonds. The van der Waals surface area contributed by atoms with Gasteiger partial charge >= 0.3 is 5.97 Å². The van der Waals surface area contributed by atoms with Crippen LogP contribution in [0.1, 0.15) is 35.3 Å². The highest BCUT2D eigenvalue weighted by Crippen LogP contribution is 2.44. The number of para-hydroxylation sites is 1. The predicted octanol–water partition coefficient (Wildman–Crippen LogP) is 4.62. The number of rotatable bonds is 5. The minimum absolute atomic E-state index is 0.0206. The molecular formula is C25H23F3N2O3. The van der Waals surface area contributed by atoms with Crippen LogP contribution in [0.3, 0.4) is 0 Å². The summed E-state index contributed by atoms with van der Waals surface area (Å²) in [6.45, 7) is 1.81. The molecule has 0 aliphatic carbocycles. The molecule has 2 unspecified atom stereocenters. The highest BCUT2D eigenvalue weighted by molar-refractivity contribution is 5.86. The summed E-state index contributed by atoms with van der Waals surface area (Å²) >= 11 is 0. The van der Waals surface area contributed by atoms with Crippen molar-refractivity contribution in [2.45, 2.75) is 31.1 Å². The van der Waals surface area contributed by atoms with E-state index in [1.807, 2.05) is 31.2 Å². The normalized spacial score (nSPS) is 22.4. The monoisotopic (exact) mass is 456 g/mol. The van der Waals surface area contributed by atoms with Gasteiger partial charge in [0.15, 0.2) is 5.67 Å². The molecule has 0 radical (unpaired) electrons. The summed E-state index contributed by atoms with van der Waals surface area (Å²) < 4.78 is 51.1. The number of carboxylic acid groups (broad SMARTS) is 1. The summed E-state index contributed by atoms with van der Waals surface area (Å²) in [5.41, 5.74) is 0.789. The second kappa shape index (κ2) is 8.04. The van der Waals surface area contributed by atoms with Crippen molar-refractivity contribution in [2.75, 3.05) is 19.8 Å². The van der Waals surface area contributed by atoms with E-state index in [0.717, 1.165) is 40.8 Å². The zero-order valence-electron chi connectivity index (χ0n) is 17.9. The summed E-state index contributed by atoms with van der Waals surface area (Å²) in [6.07, 6.45) is 2.56. The number of aromatic amines is 1. The first-order valence-electron chi connectivity index (χ1n) is 10.8. The van der Waals surface area contributed by atoms with Crippen molar-refractivity contribution in [3.8, 4) is 0 Å². The second-order valence-electron chi connectivity index (χ2n) is 8.90. The van der Waals surface area contributed by atoms with Crippen molar-refractivity contribution in [2.24, 2.45) is 0 Å². The Kier molecular flexibility index (Phi) is 5.29. The summed E-state index contributed by atoms with van der Waals surface area (Å²) in [5, 5.41) is 9.80. The number of H-pyrrole nitrogens is 1. The zero-order valence-corrected chi connectivity index (χ0v) is 17.9. The third kappa shape index (κ3) is 3.83. The molecule has 1 fully saturated rings. The fourth-order valence-electron chi connectivity index (χ4n) is 4.94. The highest BCUT2D eigenvalue weighted by Gasteiger charge is 2.46. The molecule has 0 bridgehead atoms. The number of carboxylic acids is 1. The molecular weight excluding hydrogens is 433 g/mol. The van der Waals surface area contributed by atoms with Gasteiger partial charge in [-0.2, -0.15) is 0 Å². The number of fused-ring (bicyclic) bond motifs is 3. The van der Waals surface area contributed by atoms with Crippen LogP contribution in [0.25, 0.3) is 17.0 Å². The number of nitrogens with zero attached hydrogens (tertiary/aromatic N) is 1. The van der Waals surface area contributed by atoms with Crippen molar-refractivity contribution in [3.63, 3.8) is 0 Å². The van der Waals surface area contributed by atoms with Crippen LogP contribution < -0.4 is 0 Å². The van der Waals surface area contributed by atoms with Gasteiger partial charge in [0.1, 0.15) is 11.6 Å². The third-order valence-corrected chi connectivity index (χ3v) is 6.50. The highest BCUT2D eigenvalue weighted by atomic mass is 19.1. The van der Waals surface area contributed by atoms with Crippen molar-refractivity contribution < 1.29 is 27.8 Å². The molecule has 0 spiro atoms. The SMILES string of the molecule is CC1Cc2c([nH]c3ccccc23)C(c2c(F)cc(/C=C/C(=O)O)cc2F)N1CC1(F)COC1. The Balaban J connectivity index is 1.67. The molecule has 2 aromatic carbocycles. The maximum absolute atomic E-state index is 15.4. The summed E-state index contributed by atoms with van der Waals surface area (Å²) in [5.74, 6) is -2.84. The van der Waals surface area contributed by atoms with E-state index in [1.54, 1.807) is 4.90 Å². The zero-order chi connectivity index (χ0) is 23.3. The van der Waals surface area contributed by atoms with Crippen LogP contribution in [0.2, 0.25) is 0 Å². The number of ether oxygens (including phenoxy) is 1. The Morgan fingerprint density at radius 3 is 2.61 bits per heavy atom. The van der Waals surface area contributed by atoms with E-state index in [-0.39, 0.29) is 36.9 Å². The lowest BCUT2D eigenvalue weighted by atomic mass is 9.86. The summed E-state index contributed by atoms with van der Waals surface area (Å²) in [4.78, 5) is 15.9. The van der Waals surface area contributed by atoms with Crippen LogP contribution in [0.4, 0.5) is 13.2 Å². The van der Waals surface area contributed by atoms with E-state index >= 15 is 13.2 Å². The smallest absolute Gasteiger partial charge is 0.328 e. The first-order valence-corrected chi connectivity index (χ1v) is 10.8. The van der Waals surface area contributed by atoms with Crippen LogP contribution in [-0.4, -0.2) is 52.4 Å². The largest absolute Gasteiger partial charge is 0.478 e. The Labute approximate surface area is 188 Å². The summed E-state index contributed by atoms with van der Waals surface area (Å²) in [7, 11) is 0. The van der Waals surface area contributed by atoms with Crippen molar-refractivity contribution in [1.29, 1.82) is 0 Å². The predicted molar refractivity (Wildman–Crippen MR) is 118 cm³/mol. The van der Waals surface area contributed by atoms with Gasteiger partial charge in [0.25, 0.3) is 0 Å². The van der Waals surface area contributed by atoms with Crippen LogP contribution >= 0.6 is 0 Å². The molecule has 3 heterocycles. The number of hydrogen-bond acceptors (Lipinski definition) is 3. The minimum Gasteiger partial charge on any atom is -0.478 e. The number of hydrogen-bond donors (Lipinski definition) is 2.